The van der Waals surface area contributed by atoms with Gasteiger partial charge >= 0.3 is 0 Å². The first-order chi connectivity index (χ1) is 29.3. The molecule has 0 saturated heterocycles. The molecular weight excluding hydrogens is 711 g/mol. The third kappa shape index (κ3) is 6.12. The fraction of sp³-hybridized carbons (Fsp3) is 0. The molecule has 0 aliphatic carbocycles. The minimum Gasteiger partial charge on any atom is -0.310 e. The summed E-state index contributed by atoms with van der Waals surface area (Å²) in [6.45, 7) is 0. The number of hydrogen-bond donors (Lipinski definition) is 0. The molecule has 0 bridgehead atoms. The van der Waals surface area contributed by atoms with Crippen LogP contribution in [-0.4, -0.2) is 0 Å². The number of rotatable bonds is 7. The smallest absolute Gasteiger partial charge is 0.0546 e. The van der Waals surface area contributed by atoms with Crippen LogP contribution in [-0.2, 0) is 0 Å². The van der Waals surface area contributed by atoms with Gasteiger partial charge in [0.25, 0.3) is 0 Å². The van der Waals surface area contributed by atoms with Crippen LogP contribution in [0.4, 0.5) is 17.1 Å². The van der Waals surface area contributed by atoms with Crippen molar-refractivity contribution in [2.45, 2.75) is 0 Å². The second-order valence-electron chi connectivity index (χ2n) is 15.2. The second kappa shape index (κ2) is 14.6. The quantitative estimate of drug-likeness (QED) is 0.147. The summed E-state index contributed by atoms with van der Waals surface area (Å²) in [7, 11) is 0. The molecule has 0 atom stereocenters. The number of benzene rings is 11. The van der Waals surface area contributed by atoms with Crippen molar-refractivity contribution in [2.24, 2.45) is 0 Å². The molecule has 0 heterocycles. The Morgan fingerprint density at radius 3 is 1.14 bits per heavy atom. The Morgan fingerprint density at radius 1 is 0.237 bits per heavy atom. The average Bonchev–Trinajstić information content (AvgIpc) is 3.32. The summed E-state index contributed by atoms with van der Waals surface area (Å²) < 4.78 is 0. The third-order valence-corrected chi connectivity index (χ3v) is 11.8. The topological polar surface area (TPSA) is 3.24 Å². The summed E-state index contributed by atoms with van der Waals surface area (Å²) >= 11 is 0. The molecule has 1 heteroatoms. The number of fused-ring (bicyclic) bond motifs is 6. The van der Waals surface area contributed by atoms with Crippen molar-refractivity contribution < 1.29 is 0 Å². The fourth-order valence-electron chi connectivity index (χ4n) is 9.07. The van der Waals surface area contributed by atoms with Crippen molar-refractivity contribution in [3.63, 3.8) is 0 Å². The van der Waals surface area contributed by atoms with E-state index in [2.05, 4.69) is 241 Å². The fourth-order valence-corrected chi connectivity index (χ4v) is 9.07. The first kappa shape index (κ1) is 34.5. The molecule has 11 aromatic carbocycles. The van der Waals surface area contributed by atoms with Crippen LogP contribution in [0.25, 0.3) is 87.6 Å². The van der Waals surface area contributed by atoms with Crippen molar-refractivity contribution >= 4 is 60.2 Å². The lowest BCUT2D eigenvalue weighted by molar-refractivity contribution is 1.28. The monoisotopic (exact) mass is 749 g/mol. The summed E-state index contributed by atoms with van der Waals surface area (Å²) in [6, 6.07) is 86.4. The Hall–Kier alpha value is -7.74. The van der Waals surface area contributed by atoms with E-state index in [1.807, 2.05) is 0 Å². The van der Waals surface area contributed by atoms with Crippen molar-refractivity contribution in [1.29, 1.82) is 0 Å². The maximum Gasteiger partial charge on any atom is 0.0546 e. The second-order valence-corrected chi connectivity index (χ2v) is 15.2. The normalized spacial score (nSPS) is 11.4. The standard InChI is InChI=1S/C58H39N/c1-3-16-40(17-4-1)42-30-34-46(35-31-42)59(47-36-32-43(33-37-47)41-18-5-2-6-19-41)57-29-15-28-54(55-38-44-20-7-9-22-48(44)50-24-11-13-26-52(50)55)58(57)56-39-45-21-8-10-23-49(45)51-25-12-14-27-53(51)56/h1-39H. The van der Waals surface area contributed by atoms with E-state index in [0.717, 1.165) is 17.1 Å². The number of anilines is 3. The highest BCUT2D eigenvalue weighted by atomic mass is 15.1. The van der Waals surface area contributed by atoms with Gasteiger partial charge in [-0.05, 0) is 124 Å². The largest absolute Gasteiger partial charge is 0.310 e. The first-order valence-corrected chi connectivity index (χ1v) is 20.3. The van der Waals surface area contributed by atoms with Crippen LogP contribution in [0.1, 0.15) is 0 Å². The molecule has 0 aliphatic heterocycles. The lowest BCUT2D eigenvalue weighted by atomic mass is 9.85. The molecule has 11 rings (SSSR count). The van der Waals surface area contributed by atoms with Crippen LogP contribution < -0.4 is 4.90 Å². The van der Waals surface area contributed by atoms with Crippen molar-refractivity contribution in [3.8, 4) is 44.5 Å². The van der Waals surface area contributed by atoms with E-state index in [1.165, 1.54) is 87.6 Å². The summed E-state index contributed by atoms with van der Waals surface area (Å²) in [5.41, 5.74) is 12.9. The average molecular weight is 750 g/mol. The third-order valence-electron chi connectivity index (χ3n) is 11.8. The van der Waals surface area contributed by atoms with Crippen LogP contribution in [0.2, 0.25) is 0 Å². The van der Waals surface area contributed by atoms with Gasteiger partial charge in [-0.3, -0.25) is 0 Å². The van der Waals surface area contributed by atoms with Crippen LogP contribution in [0.5, 0.6) is 0 Å². The van der Waals surface area contributed by atoms with Crippen LogP contribution >= 0.6 is 0 Å². The highest BCUT2D eigenvalue weighted by Gasteiger charge is 2.24. The van der Waals surface area contributed by atoms with E-state index in [4.69, 9.17) is 0 Å². The molecule has 276 valence electrons. The molecule has 0 amide bonds. The Labute approximate surface area is 344 Å². The van der Waals surface area contributed by atoms with Gasteiger partial charge in [0.1, 0.15) is 0 Å². The molecule has 0 N–H and O–H groups in total. The lowest BCUT2D eigenvalue weighted by Crippen LogP contribution is -2.12. The van der Waals surface area contributed by atoms with Gasteiger partial charge in [0.15, 0.2) is 0 Å². The molecule has 0 aliphatic rings. The van der Waals surface area contributed by atoms with Crippen molar-refractivity contribution in [1.82, 2.24) is 0 Å². The summed E-state index contributed by atoms with van der Waals surface area (Å²) in [6.07, 6.45) is 0. The SMILES string of the molecule is c1ccc(-c2ccc(N(c3ccc(-c4ccccc4)cc3)c3cccc(-c4cc5ccccc5c5ccccc45)c3-c3cc4ccccc4c4ccccc34)cc2)cc1. The molecule has 11 aromatic rings. The van der Waals surface area contributed by atoms with Crippen LogP contribution in [0.3, 0.4) is 0 Å². The minimum absolute atomic E-state index is 1.09. The minimum atomic E-state index is 1.09. The number of hydrogen-bond acceptors (Lipinski definition) is 1. The van der Waals surface area contributed by atoms with Gasteiger partial charge < -0.3 is 4.90 Å². The zero-order valence-electron chi connectivity index (χ0n) is 32.5. The van der Waals surface area contributed by atoms with Gasteiger partial charge in [-0.25, -0.2) is 0 Å². The zero-order chi connectivity index (χ0) is 39.1. The molecule has 0 unspecified atom stereocenters. The first-order valence-electron chi connectivity index (χ1n) is 20.3. The van der Waals surface area contributed by atoms with Crippen molar-refractivity contribution in [2.75, 3.05) is 4.90 Å². The molecule has 59 heavy (non-hydrogen) atoms. The summed E-state index contributed by atoms with van der Waals surface area (Å²) in [4.78, 5) is 2.45. The maximum atomic E-state index is 2.45. The van der Waals surface area contributed by atoms with Crippen LogP contribution in [0, 0.1) is 0 Å². The molecule has 1 nitrogen and oxygen atoms in total. The predicted octanol–water partition coefficient (Wildman–Crippen LogP) is 16.4. The lowest BCUT2D eigenvalue weighted by Gasteiger charge is -2.30. The molecular formula is C58H39N. The Balaban J connectivity index is 1.23. The summed E-state index contributed by atoms with van der Waals surface area (Å²) in [5.74, 6) is 0. The van der Waals surface area contributed by atoms with E-state index in [1.54, 1.807) is 0 Å². The van der Waals surface area contributed by atoms with Gasteiger partial charge in [-0.1, -0.05) is 194 Å². The van der Waals surface area contributed by atoms with E-state index < -0.39 is 0 Å². The molecule has 0 fully saturated rings. The Kier molecular flexibility index (Phi) is 8.56. The molecule has 0 saturated carbocycles. The summed E-state index contributed by atoms with van der Waals surface area (Å²) in [5, 5.41) is 9.93. The predicted molar refractivity (Wildman–Crippen MR) is 253 cm³/mol. The van der Waals surface area contributed by atoms with Gasteiger partial charge in [0, 0.05) is 16.9 Å². The molecule has 0 radical (unpaired) electrons. The van der Waals surface area contributed by atoms with Gasteiger partial charge in [0.05, 0.1) is 5.69 Å². The van der Waals surface area contributed by atoms with Gasteiger partial charge in [0.2, 0.25) is 0 Å². The molecule has 0 spiro atoms. The van der Waals surface area contributed by atoms with Gasteiger partial charge in [-0.2, -0.15) is 0 Å². The zero-order valence-corrected chi connectivity index (χ0v) is 32.5. The van der Waals surface area contributed by atoms with E-state index in [0.29, 0.717) is 0 Å². The Bertz CT molecular complexity index is 3210. The maximum absolute atomic E-state index is 2.45. The highest BCUT2D eigenvalue weighted by molar-refractivity contribution is 6.19. The molecule has 0 aromatic heterocycles. The highest BCUT2D eigenvalue weighted by Crippen LogP contribution is 2.50. The van der Waals surface area contributed by atoms with Crippen molar-refractivity contribution in [3.05, 3.63) is 237 Å². The van der Waals surface area contributed by atoms with Gasteiger partial charge in [-0.15, -0.1) is 0 Å². The number of nitrogens with zero attached hydrogens (tertiary/aromatic N) is 1. The Morgan fingerprint density at radius 2 is 0.627 bits per heavy atom. The van der Waals surface area contributed by atoms with Crippen LogP contribution in [0.15, 0.2) is 237 Å². The van der Waals surface area contributed by atoms with E-state index >= 15 is 0 Å². The van der Waals surface area contributed by atoms with E-state index in [-0.39, 0.29) is 0 Å². The van der Waals surface area contributed by atoms with E-state index in [9.17, 15) is 0 Å².